The van der Waals surface area contributed by atoms with Gasteiger partial charge in [-0.3, -0.25) is 14.9 Å². The van der Waals surface area contributed by atoms with Crippen LogP contribution in [-0.2, 0) is 9.59 Å². The van der Waals surface area contributed by atoms with E-state index < -0.39 is 17.8 Å². The highest BCUT2D eigenvalue weighted by atomic mass is 35.5. The second-order valence-electron chi connectivity index (χ2n) is 6.27. The van der Waals surface area contributed by atoms with Crippen LogP contribution in [0.25, 0.3) is 6.08 Å². The van der Waals surface area contributed by atoms with Crippen molar-refractivity contribution in [1.82, 2.24) is 5.32 Å². The van der Waals surface area contributed by atoms with E-state index in [9.17, 15) is 14.4 Å². The smallest absolute Gasteiger partial charge is 0.335 e. The molecule has 0 aromatic heterocycles. The summed E-state index contributed by atoms with van der Waals surface area (Å²) in [5.74, 6) is -0.994. The zero-order valence-electron chi connectivity index (χ0n) is 16.5. The molecule has 2 aromatic carbocycles. The van der Waals surface area contributed by atoms with Crippen LogP contribution in [0.3, 0.4) is 0 Å². The van der Waals surface area contributed by atoms with E-state index in [4.69, 9.17) is 32.7 Å². The highest BCUT2D eigenvalue weighted by Gasteiger charge is 2.37. The lowest BCUT2D eigenvalue weighted by molar-refractivity contribution is -0.122. The zero-order chi connectivity index (χ0) is 22.5. The van der Waals surface area contributed by atoms with Gasteiger partial charge >= 0.3 is 6.03 Å². The van der Waals surface area contributed by atoms with Crippen molar-refractivity contribution in [2.45, 2.75) is 6.92 Å². The molecule has 0 unspecified atom stereocenters. The van der Waals surface area contributed by atoms with Gasteiger partial charge in [-0.05, 0) is 42.8 Å². The summed E-state index contributed by atoms with van der Waals surface area (Å²) in [6, 6.07) is 8.53. The molecule has 160 valence electrons. The van der Waals surface area contributed by atoms with E-state index >= 15 is 0 Å². The van der Waals surface area contributed by atoms with Crippen LogP contribution >= 0.6 is 23.2 Å². The average molecular weight is 461 g/mol. The molecule has 1 aliphatic rings. The summed E-state index contributed by atoms with van der Waals surface area (Å²) in [4.78, 5) is 38.6. The summed E-state index contributed by atoms with van der Waals surface area (Å²) in [6.07, 6.45) is 2.88. The number of hydrogen-bond donors (Lipinski definition) is 1. The Bertz CT molecular complexity index is 1100. The normalized spacial score (nSPS) is 15.1. The van der Waals surface area contributed by atoms with Crippen LogP contribution < -0.4 is 19.7 Å². The zero-order valence-corrected chi connectivity index (χ0v) is 18.0. The number of halogens is 2. The van der Waals surface area contributed by atoms with E-state index in [2.05, 4.69) is 11.9 Å². The van der Waals surface area contributed by atoms with Gasteiger partial charge < -0.3 is 9.47 Å². The van der Waals surface area contributed by atoms with Crippen LogP contribution in [0.2, 0.25) is 10.0 Å². The second-order valence-corrected chi connectivity index (χ2v) is 7.09. The molecule has 3 rings (SSSR count). The fourth-order valence-electron chi connectivity index (χ4n) is 2.89. The Kier molecular flexibility index (Phi) is 6.99. The maximum atomic E-state index is 13.0. The molecule has 0 radical (unpaired) electrons. The first-order valence-corrected chi connectivity index (χ1v) is 9.99. The number of hydrogen-bond acceptors (Lipinski definition) is 5. The van der Waals surface area contributed by atoms with Crippen molar-refractivity contribution in [1.29, 1.82) is 0 Å². The molecule has 1 N–H and O–H groups in total. The maximum absolute atomic E-state index is 13.0. The van der Waals surface area contributed by atoms with Crippen LogP contribution in [0.15, 0.2) is 54.6 Å². The highest BCUT2D eigenvalue weighted by molar-refractivity contribution is 6.42. The first-order valence-electron chi connectivity index (χ1n) is 9.23. The minimum atomic E-state index is -0.888. The third-order valence-electron chi connectivity index (χ3n) is 4.18. The number of barbiturate groups is 1. The summed E-state index contributed by atoms with van der Waals surface area (Å²) in [6.45, 7) is 5.95. The number of benzene rings is 2. The van der Waals surface area contributed by atoms with Gasteiger partial charge in [0.05, 0.1) is 22.3 Å². The van der Waals surface area contributed by atoms with Crippen LogP contribution in [-0.4, -0.2) is 31.1 Å². The number of para-hydroxylation sites is 1. The van der Waals surface area contributed by atoms with Crippen LogP contribution in [0.1, 0.15) is 12.5 Å². The molecule has 2 aromatic rings. The van der Waals surface area contributed by atoms with E-state index in [1.807, 2.05) is 0 Å². The molecule has 0 atom stereocenters. The van der Waals surface area contributed by atoms with Gasteiger partial charge in [0, 0.05) is 0 Å². The Hall–Kier alpha value is -3.29. The van der Waals surface area contributed by atoms with Crippen molar-refractivity contribution >= 4 is 52.8 Å². The standard InChI is InChI=1S/C22H18Cl2N2O5/c1-3-9-31-19-16(24)11-13(12-18(19)30-4-2)10-14-20(27)25-22(29)26(21(14)28)17-8-6-5-7-15(17)23/h3,5-8,10-12H,1,4,9H2,2H3,(H,25,27,29)/b14-10+. The molecule has 1 aliphatic heterocycles. The SMILES string of the molecule is C=CCOc1c(Cl)cc(/C=C2\C(=O)NC(=O)N(c3ccccc3Cl)C2=O)cc1OCC. The second kappa shape index (κ2) is 9.68. The van der Waals surface area contributed by atoms with Crippen LogP contribution in [0.5, 0.6) is 11.5 Å². The maximum Gasteiger partial charge on any atom is 0.335 e. The molecule has 1 fully saturated rings. The number of carbonyl (C=O) groups is 3. The van der Waals surface area contributed by atoms with Crippen molar-refractivity contribution in [2.24, 2.45) is 0 Å². The molecule has 1 saturated heterocycles. The lowest BCUT2D eigenvalue weighted by atomic mass is 10.1. The summed E-state index contributed by atoms with van der Waals surface area (Å²) >= 11 is 12.5. The third kappa shape index (κ3) is 4.73. The van der Waals surface area contributed by atoms with Crippen LogP contribution in [0, 0.1) is 0 Å². The number of anilines is 1. The predicted octanol–water partition coefficient (Wildman–Crippen LogP) is 4.62. The number of carbonyl (C=O) groups excluding carboxylic acids is 3. The number of nitrogens with one attached hydrogen (secondary N) is 1. The summed E-state index contributed by atoms with van der Waals surface area (Å²) in [5.41, 5.74) is 0.301. The van der Waals surface area contributed by atoms with Gasteiger partial charge in [-0.15, -0.1) is 0 Å². The van der Waals surface area contributed by atoms with E-state index in [0.29, 0.717) is 23.7 Å². The Morgan fingerprint density at radius 1 is 1.10 bits per heavy atom. The fourth-order valence-corrected chi connectivity index (χ4v) is 3.39. The molecule has 0 saturated carbocycles. The van der Waals surface area contributed by atoms with E-state index in [0.717, 1.165) is 4.90 Å². The molecule has 0 aliphatic carbocycles. The van der Waals surface area contributed by atoms with Gasteiger partial charge in [-0.25, -0.2) is 9.69 Å². The number of imide groups is 2. The third-order valence-corrected chi connectivity index (χ3v) is 4.78. The van der Waals surface area contributed by atoms with Gasteiger partial charge in [-0.1, -0.05) is 48.0 Å². The van der Waals surface area contributed by atoms with Gasteiger partial charge in [0.1, 0.15) is 12.2 Å². The quantitative estimate of drug-likeness (QED) is 0.370. The largest absolute Gasteiger partial charge is 0.490 e. The van der Waals surface area contributed by atoms with Crippen molar-refractivity contribution in [3.8, 4) is 11.5 Å². The lowest BCUT2D eigenvalue weighted by Crippen LogP contribution is -2.54. The Morgan fingerprint density at radius 2 is 1.84 bits per heavy atom. The average Bonchev–Trinajstić information content (AvgIpc) is 2.72. The van der Waals surface area contributed by atoms with Crippen molar-refractivity contribution in [3.63, 3.8) is 0 Å². The fraction of sp³-hybridized carbons (Fsp3) is 0.136. The topological polar surface area (TPSA) is 84.9 Å². The van der Waals surface area contributed by atoms with Crippen molar-refractivity contribution in [3.05, 3.63) is 70.2 Å². The molecule has 31 heavy (non-hydrogen) atoms. The molecule has 7 nitrogen and oxygen atoms in total. The lowest BCUT2D eigenvalue weighted by Gasteiger charge is -2.27. The Morgan fingerprint density at radius 3 is 2.52 bits per heavy atom. The molecular weight excluding hydrogens is 443 g/mol. The molecule has 0 bridgehead atoms. The number of nitrogens with zero attached hydrogens (tertiary/aromatic N) is 1. The van der Waals surface area contributed by atoms with Gasteiger partial charge in [0.25, 0.3) is 11.8 Å². The molecule has 1 heterocycles. The van der Waals surface area contributed by atoms with E-state index in [1.165, 1.54) is 24.3 Å². The van der Waals surface area contributed by atoms with Crippen molar-refractivity contribution in [2.75, 3.05) is 18.1 Å². The number of amides is 4. The molecule has 0 spiro atoms. The number of ether oxygens (including phenoxy) is 2. The first-order chi connectivity index (χ1) is 14.9. The van der Waals surface area contributed by atoms with Crippen LogP contribution in [0.4, 0.5) is 10.5 Å². The summed E-state index contributed by atoms with van der Waals surface area (Å²) < 4.78 is 11.1. The highest BCUT2D eigenvalue weighted by Crippen LogP contribution is 2.38. The van der Waals surface area contributed by atoms with Gasteiger partial charge in [-0.2, -0.15) is 0 Å². The minimum Gasteiger partial charge on any atom is -0.490 e. The molecule has 4 amide bonds. The van der Waals surface area contributed by atoms with Gasteiger partial charge in [0.15, 0.2) is 11.5 Å². The minimum absolute atomic E-state index is 0.159. The monoisotopic (exact) mass is 460 g/mol. The molecule has 9 heteroatoms. The first kappa shape index (κ1) is 22.4. The number of urea groups is 1. The summed E-state index contributed by atoms with van der Waals surface area (Å²) in [5, 5.41) is 2.56. The molecular formula is C22H18Cl2N2O5. The number of rotatable bonds is 7. The van der Waals surface area contributed by atoms with E-state index in [-0.39, 0.29) is 27.9 Å². The summed E-state index contributed by atoms with van der Waals surface area (Å²) in [7, 11) is 0. The van der Waals surface area contributed by atoms with E-state index in [1.54, 1.807) is 31.2 Å². The Labute approximate surface area is 188 Å². The predicted molar refractivity (Wildman–Crippen MR) is 119 cm³/mol. The van der Waals surface area contributed by atoms with Crippen molar-refractivity contribution < 1.29 is 23.9 Å². The Balaban J connectivity index is 2.04. The van der Waals surface area contributed by atoms with Gasteiger partial charge in [0.2, 0.25) is 0 Å².